The first-order chi connectivity index (χ1) is 8.60. The lowest BCUT2D eigenvalue weighted by atomic mass is 10.2. The van der Waals surface area contributed by atoms with Crippen molar-refractivity contribution in [2.45, 2.75) is 0 Å². The Morgan fingerprint density at radius 2 is 2.28 bits per heavy atom. The molecule has 0 saturated heterocycles. The third kappa shape index (κ3) is 2.62. The maximum atomic E-state index is 11.9. The Labute approximate surface area is 109 Å². The number of ether oxygens (including phenoxy) is 1. The number of carbonyl (C=O) groups is 1. The second-order valence-corrected chi connectivity index (χ2v) is 4.11. The summed E-state index contributed by atoms with van der Waals surface area (Å²) in [4.78, 5) is 11.9. The molecule has 0 aliphatic heterocycles. The number of amides is 1. The number of aryl methyl sites for hydroxylation is 1. The van der Waals surface area contributed by atoms with E-state index in [0.717, 1.165) is 0 Å². The van der Waals surface area contributed by atoms with Crippen molar-refractivity contribution in [2.24, 2.45) is 7.05 Å². The molecule has 1 N–H and O–H groups in total. The summed E-state index contributed by atoms with van der Waals surface area (Å²) >= 11 is 5.97. The molecule has 0 aliphatic rings. The number of nitrogens with zero attached hydrogens (tertiary/aromatic N) is 2. The molecule has 2 aromatic rings. The minimum atomic E-state index is -0.232. The fourth-order valence-electron chi connectivity index (χ4n) is 1.49. The van der Waals surface area contributed by atoms with Crippen molar-refractivity contribution in [1.29, 1.82) is 0 Å². The fourth-order valence-corrected chi connectivity index (χ4v) is 1.74. The molecule has 0 unspecified atom stereocenters. The largest absolute Gasteiger partial charge is 0.495 e. The number of hydrogen-bond donors (Lipinski definition) is 1. The Kier molecular flexibility index (Phi) is 3.53. The van der Waals surface area contributed by atoms with E-state index in [0.29, 0.717) is 22.0 Å². The molecule has 0 atom stereocenters. The van der Waals surface area contributed by atoms with E-state index in [1.165, 1.54) is 13.3 Å². The summed E-state index contributed by atoms with van der Waals surface area (Å²) in [6.45, 7) is 0. The molecule has 1 amide bonds. The van der Waals surface area contributed by atoms with Gasteiger partial charge in [0.25, 0.3) is 5.91 Å². The van der Waals surface area contributed by atoms with Crippen molar-refractivity contribution >= 4 is 23.2 Å². The highest BCUT2D eigenvalue weighted by Gasteiger charge is 2.09. The van der Waals surface area contributed by atoms with Crippen LogP contribution in [0.3, 0.4) is 0 Å². The molecule has 2 rings (SSSR count). The van der Waals surface area contributed by atoms with Crippen molar-refractivity contribution in [3.63, 3.8) is 0 Å². The predicted octanol–water partition coefficient (Wildman–Crippen LogP) is 2.33. The first-order valence-electron chi connectivity index (χ1n) is 5.23. The molecule has 0 radical (unpaired) electrons. The Bertz CT molecular complexity index is 580. The molecule has 6 heteroatoms. The highest BCUT2D eigenvalue weighted by Crippen LogP contribution is 2.27. The number of carbonyl (C=O) groups excluding carboxylic acids is 1. The van der Waals surface area contributed by atoms with E-state index in [1.54, 1.807) is 36.1 Å². The number of aromatic nitrogens is 2. The van der Waals surface area contributed by atoms with E-state index in [2.05, 4.69) is 10.4 Å². The summed E-state index contributed by atoms with van der Waals surface area (Å²) in [5, 5.41) is 7.11. The van der Waals surface area contributed by atoms with Crippen LogP contribution in [-0.2, 0) is 7.05 Å². The summed E-state index contributed by atoms with van der Waals surface area (Å²) in [7, 11) is 3.29. The smallest absolute Gasteiger partial charge is 0.258 e. The topological polar surface area (TPSA) is 56.1 Å². The van der Waals surface area contributed by atoms with Crippen LogP contribution in [0.15, 0.2) is 30.6 Å². The second-order valence-electron chi connectivity index (χ2n) is 3.71. The number of nitrogens with one attached hydrogen (secondary N) is 1. The van der Waals surface area contributed by atoms with Gasteiger partial charge in [0.15, 0.2) is 0 Å². The minimum absolute atomic E-state index is 0.232. The summed E-state index contributed by atoms with van der Waals surface area (Å²) in [6.07, 6.45) is 3.14. The molecule has 1 aromatic heterocycles. The van der Waals surface area contributed by atoms with E-state index < -0.39 is 0 Å². The van der Waals surface area contributed by atoms with Crippen LogP contribution in [0.5, 0.6) is 5.75 Å². The summed E-state index contributed by atoms with van der Waals surface area (Å²) < 4.78 is 6.60. The van der Waals surface area contributed by atoms with Gasteiger partial charge in [0, 0.05) is 18.9 Å². The molecule has 0 fully saturated rings. The van der Waals surface area contributed by atoms with Crippen molar-refractivity contribution in [1.82, 2.24) is 9.78 Å². The number of halogens is 1. The molecule has 0 spiro atoms. The fraction of sp³-hybridized carbons (Fsp3) is 0.167. The number of methoxy groups -OCH3 is 1. The normalized spacial score (nSPS) is 10.2. The second kappa shape index (κ2) is 5.10. The Hall–Kier alpha value is -2.01. The van der Waals surface area contributed by atoms with E-state index in [4.69, 9.17) is 16.3 Å². The van der Waals surface area contributed by atoms with Crippen LogP contribution >= 0.6 is 11.6 Å². The van der Waals surface area contributed by atoms with Gasteiger partial charge in [0.2, 0.25) is 0 Å². The molecule has 5 nitrogen and oxygen atoms in total. The minimum Gasteiger partial charge on any atom is -0.495 e. The van der Waals surface area contributed by atoms with Crippen molar-refractivity contribution in [2.75, 3.05) is 12.4 Å². The van der Waals surface area contributed by atoms with E-state index in [-0.39, 0.29) is 5.91 Å². The lowest BCUT2D eigenvalue weighted by Crippen LogP contribution is -2.11. The van der Waals surface area contributed by atoms with Gasteiger partial charge in [-0.15, -0.1) is 0 Å². The lowest BCUT2D eigenvalue weighted by Gasteiger charge is -2.07. The predicted molar refractivity (Wildman–Crippen MR) is 69.2 cm³/mol. The van der Waals surface area contributed by atoms with Gasteiger partial charge in [0.1, 0.15) is 5.75 Å². The first-order valence-corrected chi connectivity index (χ1v) is 5.61. The first kappa shape index (κ1) is 12.4. The molecule has 0 saturated carbocycles. The molecule has 1 aromatic carbocycles. The Morgan fingerprint density at radius 3 is 2.83 bits per heavy atom. The van der Waals surface area contributed by atoms with E-state index in [1.807, 2.05) is 0 Å². The van der Waals surface area contributed by atoms with Gasteiger partial charge in [-0.05, 0) is 18.2 Å². The molecule has 0 aliphatic carbocycles. The van der Waals surface area contributed by atoms with Gasteiger partial charge in [-0.1, -0.05) is 11.6 Å². The molecule has 1 heterocycles. The zero-order valence-corrected chi connectivity index (χ0v) is 10.7. The highest BCUT2D eigenvalue weighted by atomic mass is 35.5. The SMILES string of the molecule is COc1ccc(NC(=O)c2cnn(C)c2)cc1Cl. The van der Waals surface area contributed by atoms with Gasteiger partial charge in [-0.3, -0.25) is 9.48 Å². The zero-order valence-electron chi connectivity index (χ0n) is 9.98. The lowest BCUT2D eigenvalue weighted by molar-refractivity contribution is 0.102. The van der Waals surface area contributed by atoms with Crippen LogP contribution in [0.4, 0.5) is 5.69 Å². The molecular weight excluding hydrogens is 254 g/mol. The van der Waals surface area contributed by atoms with Crippen molar-refractivity contribution in [3.05, 3.63) is 41.2 Å². The average molecular weight is 266 g/mol. The van der Waals surface area contributed by atoms with Gasteiger partial charge < -0.3 is 10.1 Å². The van der Waals surface area contributed by atoms with Crippen molar-refractivity contribution in [3.8, 4) is 5.75 Å². The quantitative estimate of drug-likeness (QED) is 0.927. The third-order valence-corrected chi connectivity index (χ3v) is 2.67. The third-order valence-electron chi connectivity index (χ3n) is 2.38. The molecular formula is C12H12ClN3O2. The Balaban J connectivity index is 2.14. The maximum Gasteiger partial charge on any atom is 0.258 e. The van der Waals surface area contributed by atoms with Crippen LogP contribution in [0, 0.1) is 0 Å². The van der Waals surface area contributed by atoms with E-state index in [9.17, 15) is 4.79 Å². The molecule has 18 heavy (non-hydrogen) atoms. The van der Waals surface area contributed by atoms with Crippen LogP contribution in [0.1, 0.15) is 10.4 Å². The van der Waals surface area contributed by atoms with Crippen LogP contribution < -0.4 is 10.1 Å². The standard InChI is InChI=1S/C12H12ClN3O2/c1-16-7-8(6-14-16)12(17)15-9-3-4-11(18-2)10(13)5-9/h3-7H,1-2H3,(H,15,17). The highest BCUT2D eigenvalue weighted by molar-refractivity contribution is 6.32. The zero-order chi connectivity index (χ0) is 13.1. The van der Waals surface area contributed by atoms with Crippen LogP contribution in [0.2, 0.25) is 5.02 Å². The maximum absolute atomic E-state index is 11.9. The summed E-state index contributed by atoms with van der Waals surface area (Å²) in [5.41, 5.74) is 1.10. The number of anilines is 1. The number of rotatable bonds is 3. The van der Waals surface area contributed by atoms with Crippen LogP contribution in [-0.4, -0.2) is 22.8 Å². The van der Waals surface area contributed by atoms with Gasteiger partial charge >= 0.3 is 0 Å². The number of benzene rings is 1. The Morgan fingerprint density at radius 1 is 1.50 bits per heavy atom. The van der Waals surface area contributed by atoms with Gasteiger partial charge in [-0.25, -0.2) is 0 Å². The van der Waals surface area contributed by atoms with Crippen molar-refractivity contribution < 1.29 is 9.53 Å². The number of hydrogen-bond acceptors (Lipinski definition) is 3. The monoisotopic (exact) mass is 265 g/mol. The van der Waals surface area contributed by atoms with Gasteiger partial charge in [-0.2, -0.15) is 5.10 Å². The molecule has 0 bridgehead atoms. The summed E-state index contributed by atoms with van der Waals surface area (Å²) in [6, 6.07) is 5.05. The summed E-state index contributed by atoms with van der Waals surface area (Å²) in [5.74, 6) is 0.334. The van der Waals surface area contributed by atoms with E-state index >= 15 is 0 Å². The average Bonchev–Trinajstić information content (AvgIpc) is 2.76. The van der Waals surface area contributed by atoms with Gasteiger partial charge in [0.05, 0.1) is 23.9 Å². The van der Waals surface area contributed by atoms with Crippen LogP contribution in [0.25, 0.3) is 0 Å². The molecule has 94 valence electrons.